The van der Waals surface area contributed by atoms with Gasteiger partial charge >= 0.3 is 8.56 Å². The van der Waals surface area contributed by atoms with E-state index >= 15 is 0 Å². The fourth-order valence-electron chi connectivity index (χ4n) is 1.96. The lowest BCUT2D eigenvalue weighted by Gasteiger charge is -2.39. The first-order valence-corrected chi connectivity index (χ1v) is 15.3. The molecule has 0 amide bonds. The lowest BCUT2D eigenvalue weighted by Crippen LogP contribution is -2.58. The molecular weight excluding hydrogens is 250 g/mol. The van der Waals surface area contributed by atoms with Crippen LogP contribution >= 0.6 is 0 Å². The van der Waals surface area contributed by atoms with E-state index in [9.17, 15) is 0 Å². The van der Waals surface area contributed by atoms with Gasteiger partial charge in [0.15, 0.2) is 16.6 Å². The van der Waals surface area contributed by atoms with Crippen molar-refractivity contribution in [2.24, 2.45) is 5.73 Å². The minimum absolute atomic E-state index is 0.199. The van der Waals surface area contributed by atoms with Crippen LogP contribution in [-0.2, 0) is 8.23 Å². The zero-order chi connectivity index (χ0) is 13.2. The molecule has 0 heterocycles. The zero-order valence-corrected chi connectivity index (χ0v) is 15.2. The van der Waals surface area contributed by atoms with E-state index in [1.165, 1.54) is 0 Å². The predicted molar refractivity (Wildman–Crippen MR) is 78.7 cm³/mol. The molecule has 2 N–H and O–H groups in total. The smallest absolute Gasteiger partial charge is 0.311 e. The minimum Gasteiger partial charge on any atom is -0.437 e. The maximum Gasteiger partial charge on any atom is 0.311 e. The average Bonchev–Trinajstić information content (AvgIpc) is 1.95. The first kappa shape index (κ1) is 16.5. The molecule has 0 aliphatic carbocycles. The summed E-state index contributed by atoms with van der Waals surface area (Å²) in [6.45, 7) is 17.4. The van der Waals surface area contributed by atoms with Gasteiger partial charge < -0.3 is 14.0 Å². The summed E-state index contributed by atoms with van der Waals surface area (Å²) < 4.78 is 12.5. The van der Waals surface area contributed by atoms with Gasteiger partial charge in [0.05, 0.1) is 0 Å². The third-order valence-corrected chi connectivity index (χ3v) is 13.1. The van der Waals surface area contributed by atoms with Gasteiger partial charge in [0.2, 0.25) is 0 Å². The molecule has 0 saturated heterocycles. The van der Waals surface area contributed by atoms with Crippen LogP contribution in [0.3, 0.4) is 0 Å². The highest BCUT2D eigenvalue weighted by Crippen LogP contribution is 2.22. The molecule has 98 valence electrons. The molecule has 0 radical (unpaired) electrons. The van der Waals surface area contributed by atoms with Crippen LogP contribution in [0.4, 0.5) is 0 Å². The Labute approximate surface area is 104 Å². The van der Waals surface area contributed by atoms with E-state index < -0.39 is 25.2 Å². The molecule has 1 unspecified atom stereocenters. The Balaban J connectivity index is 4.57. The second kappa shape index (κ2) is 5.45. The second-order valence-electron chi connectivity index (χ2n) is 6.33. The van der Waals surface area contributed by atoms with E-state index in [4.69, 9.17) is 14.0 Å². The Morgan fingerprint density at radius 2 is 1.38 bits per heavy atom. The summed E-state index contributed by atoms with van der Waals surface area (Å²) in [4.78, 5) is 0. The van der Waals surface area contributed by atoms with Crippen molar-refractivity contribution >= 4 is 25.2 Å². The number of nitrogens with two attached hydrogens (primary N) is 1. The summed E-state index contributed by atoms with van der Waals surface area (Å²) >= 11 is 0. The van der Waals surface area contributed by atoms with Crippen molar-refractivity contribution in [3.05, 3.63) is 0 Å². The third-order valence-electron chi connectivity index (χ3n) is 2.39. The molecule has 0 saturated carbocycles. The van der Waals surface area contributed by atoms with Crippen molar-refractivity contribution in [2.45, 2.75) is 64.8 Å². The molecular formula is C10H29NO2Si3. The molecule has 1 atom stereocenters. The topological polar surface area (TPSA) is 44.5 Å². The van der Waals surface area contributed by atoms with Gasteiger partial charge in [-0.15, -0.1) is 0 Å². The van der Waals surface area contributed by atoms with Gasteiger partial charge in [0.1, 0.15) is 0 Å². The molecule has 0 bridgehead atoms. The molecule has 0 spiro atoms. The van der Waals surface area contributed by atoms with Gasteiger partial charge in [0.25, 0.3) is 0 Å². The molecule has 0 aliphatic rings. The van der Waals surface area contributed by atoms with Gasteiger partial charge in [-0.1, -0.05) is 6.92 Å². The maximum absolute atomic E-state index is 6.32. The van der Waals surface area contributed by atoms with Gasteiger partial charge in [-0.3, -0.25) is 0 Å². The van der Waals surface area contributed by atoms with Crippen molar-refractivity contribution in [3.63, 3.8) is 0 Å². The first-order valence-electron chi connectivity index (χ1n) is 6.05. The number of hydrogen-bond donors (Lipinski definition) is 1. The molecule has 6 heteroatoms. The highest BCUT2D eigenvalue weighted by molar-refractivity contribution is 6.87. The van der Waals surface area contributed by atoms with E-state index in [1.54, 1.807) is 0 Å². The van der Waals surface area contributed by atoms with Crippen LogP contribution in [0.5, 0.6) is 0 Å². The van der Waals surface area contributed by atoms with Crippen LogP contribution in [0.15, 0.2) is 0 Å². The highest BCUT2D eigenvalue weighted by atomic mass is 28.5. The van der Waals surface area contributed by atoms with Crippen LogP contribution in [0.25, 0.3) is 0 Å². The largest absolute Gasteiger partial charge is 0.437 e. The Bertz CT molecular complexity index is 227. The Kier molecular flexibility index (Phi) is 5.63. The lowest BCUT2D eigenvalue weighted by molar-refractivity contribution is 0.384. The predicted octanol–water partition coefficient (Wildman–Crippen LogP) is 3.04. The normalized spacial score (nSPS) is 16.3. The average molecular weight is 280 g/mol. The quantitative estimate of drug-likeness (QED) is 0.760. The number of rotatable bonds is 6. The van der Waals surface area contributed by atoms with Crippen LogP contribution in [0, 0.1) is 0 Å². The summed E-state index contributed by atoms with van der Waals surface area (Å²) in [5.74, 6) is 0. The Morgan fingerprint density at radius 3 is 1.69 bits per heavy atom. The van der Waals surface area contributed by atoms with E-state index in [-0.39, 0.29) is 5.67 Å². The molecule has 16 heavy (non-hydrogen) atoms. The SMILES string of the molecule is CCC(N)[Si](C)(C)O[Si](C)(C)O[Si](C)(C)C. The van der Waals surface area contributed by atoms with Gasteiger partial charge in [0, 0.05) is 5.67 Å². The summed E-state index contributed by atoms with van der Waals surface area (Å²) in [6.07, 6.45) is 0.983. The Morgan fingerprint density at radius 1 is 0.938 bits per heavy atom. The monoisotopic (exact) mass is 279 g/mol. The van der Waals surface area contributed by atoms with E-state index in [2.05, 4.69) is 52.8 Å². The summed E-state index contributed by atoms with van der Waals surface area (Å²) in [5.41, 5.74) is 6.34. The van der Waals surface area contributed by atoms with Gasteiger partial charge in [-0.05, 0) is 52.2 Å². The molecule has 0 rings (SSSR count). The number of hydrogen-bond acceptors (Lipinski definition) is 3. The lowest BCUT2D eigenvalue weighted by atomic mass is 10.5. The van der Waals surface area contributed by atoms with Gasteiger partial charge in [-0.25, -0.2) is 0 Å². The molecule has 0 aromatic heterocycles. The first-order chi connectivity index (χ1) is 6.90. The fourth-order valence-corrected chi connectivity index (χ4v) is 15.1. The van der Waals surface area contributed by atoms with Gasteiger partial charge in [-0.2, -0.15) is 0 Å². The summed E-state index contributed by atoms with van der Waals surface area (Å²) in [6, 6.07) is 0. The summed E-state index contributed by atoms with van der Waals surface area (Å²) in [5, 5.41) is 0. The van der Waals surface area contributed by atoms with Crippen molar-refractivity contribution in [1.29, 1.82) is 0 Å². The van der Waals surface area contributed by atoms with Crippen LogP contribution in [0.1, 0.15) is 13.3 Å². The molecule has 0 aliphatic heterocycles. The third kappa shape index (κ3) is 6.31. The van der Waals surface area contributed by atoms with Crippen LogP contribution in [0.2, 0.25) is 45.8 Å². The standard InChI is InChI=1S/C10H29NO2Si3/c1-9-10(11)15(5,6)13-16(7,8)12-14(2,3)4/h10H,9,11H2,1-8H3. The second-order valence-corrected chi connectivity index (χ2v) is 18.9. The Hall–Kier alpha value is 0.531. The van der Waals surface area contributed by atoms with Crippen molar-refractivity contribution in [3.8, 4) is 0 Å². The van der Waals surface area contributed by atoms with E-state index in [0.717, 1.165) is 6.42 Å². The zero-order valence-electron chi connectivity index (χ0n) is 12.2. The van der Waals surface area contributed by atoms with Crippen molar-refractivity contribution < 1.29 is 8.23 Å². The molecule has 0 aromatic rings. The minimum atomic E-state index is -2.01. The fraction of sp³-hybridized carbons (Fsp3) is 1.00. The van der Waals surface area contributed by atoms with E-state index in [0.29, 0.717) is 0 Å². The van der Waals surface area contributed by atoms with E-state index in [1.807, 2.05) is 0 Å². The van der Waals surface area contributed by atoms with Crippen LogP contribution in [-0.4, -0.2) is 30.9 Å². The summed E-state index contributed by atoms with van der Waals surface area (Å²) in [7, 11) is -5.33. The molecule has 0 aromatic carbocycles. The van der Waals surface area contributed by atoms with Crippen molar-refractivity contribution in [2.75, 3.05) is 0 Å². The van der Waals surface area contributed by atoms with Crippen LogP contribution < -0.4 is 5.73 Å². The molecule has 0 fully saturated rings. The molecule has 3 nitrogen and oxygen atoms in total. The maximum atomic E-state index is 6.32. The highest BCUT2D eigenvalue weighted by Gasteiger charge is 2.40. The van der Waals surface area contributed by atoms with Crippen molar-refractivity contribution in [1.82, 2.24) is 0 Å².